The molecule has 104 valence electrons. The van der Waals surface area contributed by atoms with Crippen LogP contribution in [0.4, 0.5) is 0 Å². The summed E-state index contributed by atoms with van der Waals surface area (Å²) < 4.78 is 1.24. The first kappa shape index (κ1) is 16.5. The zero-order chi connectivity index (χ0) is 14.3. The van der Waals surface area contributed by atoms with Crippen molar-refractivity contribution in [2.75, 3.05) is 0 Å². The fourth-order valence-corrected chi connectivity index (χ4v) is 2.97. The Morgan fingerprint density at radius 2 is 1.95 bits per heavy atom. The molecule has 0 aliphatic heterocycles. The molecule has 0 amide bonds. The molecule has 19 heavy (non-hydrogen) atoms. The molecule has 0 atom stereocenters. The lowest BCUT2D eigenvalue weighted by molar-refractivity contribution is 0.377. The van der Waals surface area contributed by atoms with E-state index in [1.165, 1.54) is 28.4 Å². The van der Waals surface area contributed by atoms with Crippen molar-refractivity contribution in [3.05, 3.63) is 57.3 Å². The molecule has 0 radical (unpaired) electrons. The van der Waals surface area contributed by atoms with Crippen LogP contribution in [0.15, 0.2) is 57.3 Å². The van der Waals surface area contributed by atoms with Crippen molar-refractivity contribution in [2.24, 2.45) is 5.41 Å². The average Bonchev–Trinajstić information content (AvgIpc) is 2.34. The van der Waals surface area contributed by atoms with Gasteiger partial charge in [0.15, 0.2) is 0 Å². The summed E-state index contributed by atoms with van der Waals surface area (Å²) in [7, 11) is 0. The van der Waals surface area contributed by atoms with E-state index < -0.39 is 0 Å². The van der Waals surface area contributed by atoms with Crippen molar-refractivity contribution in [3.63, 3.8) is 0 Å². The van der Waals surface area contributed by atoms with Gasteiger partial charge in [-0.2, -0.15) is 0 Å². The monoisotopic (exact) mass is 368 g/mol. The minimum Gasteiger partial charge on any atom is -0.0876 e. The van der Waals surface area contributed by atoms with Gasteiger partial charge in [-0.25, -0.2) is 0 Å². The van der Waals surface area contributed by atoms with Gasteiger partial charge in [0.2, 0.25) is 0 Å². The highest BCUT2D eigenvalue weighted by Crippen LogP contribution is 2.40. The van der Waals surface area contributed by atoms with E-state index in [-0.39, 0.29) is 0 Å². The van der Waals surface area contributed by atoms with E-state index in [4.69, 9.17) is 0 Å². The predicted molar refractivity (Wildman–Crippen MR) is 95.5 cm³/mol. The zero-order valence-corrected chi connectivity index (χ0v) is 14.7. The fraction of sp³-hybridized carbons (Fsp3) is 0.444. The molecule has 0 heterocycles. The first-order chi connectivity index (χ1) is 8.97. The molecule has 1 heteroatoms. The maximum Gasteiger partial charge on any atom is 0.0130 e. The molecule has 0 unspecified atom stereocenters. The van der Waals surface area contributed by atoms with Crippen LogP contribution in [0.5, 0.6) is 0 Å². The highest BCUT2D eigenvalue weighted by atomic mass is 127. The summed E-state index contributed by atoms with van der Waals surface area (Å²) in [6.45, 7) is 9.02. The van der Waals surface area contributed by atoms with Gasteiger partial charge in [-0.05, 0) is 78.8 Å². The Morgan fingerprint density at radius 3 is 2.58 bits per heavy atom. The summed E-state index contributed by atoms with van der Waals surface area (Å²) in [6.07, 6.45) is 18.8. The van der Waals surface area contributed by atoms with Gasteiger partial charge in [0, 0.05) is 3.58 Å². The maximum absolute atomic E-state index is 2.36. The number of halogens is 1. The molecule has 0 bridgehead atoms. The number of allylic oxidation sites excluding steroid dienone is 10. The minimum absolute atomic E-state index is 0.334. The Bertz CT molecular complexity index is 442. The summed E-state index contributed by atoms with van der Waals surface area (Å²) in [5.74, 6) is 0. The maximum atomic E-state index is 2.36. The van der Waals surface area contributed by atoms with Crippen LogP contribution >= 0.6 is 22.6 Å². The van der Waals surface area contributed by atoms with Crippen LogP contribution in [-0.2, 0) is 0 Å². The summed E-state index contributed by atoms with van der Waals surface area (Å²) >= 11 is 2.35. The molecule has 1 rings (SSSR count). The predicted octanol–water partition coefficient (Wildman–Crippen LogP) is 6.52. The van der Waals surface area contributed by atoms with E-state index in [0.29, 0.717) is 5.41 Å². The van der Waals surface area contributed by atoms with Gasteiger partial charge in [0.05, 0.1) is 0 Å². The lowest BCUT2D eigenvalue weighted by Gasteiger charge is -2.32. The van der Waals surface area contributed by atoms with Crippen LogP contribution in [0.1, 0.15) is 47.0 Å². The lowest BCUT2D eigenvalue weighted by atomic mass is 9.73. The van der Waals surface area contributed by atoms with Crippen molar-refractivity contribution in [1.29, 1.82) is 0 Å². The number of hydrogen-bond acceptors (Lipinski definition) is 0. The Hall–Kier alpha value is -0.570. The first-order valence-corrected chi connectivity index (χ1v) is 8.08. The van der Waals surface area contributed by atoms with Crippen molar-refractivity contribution in [1.82, 2.24) is 0 Å². The van der Waals surface area contributed by atoms with Crippen molar-refractivity contribution >= 4 is 22.6 Å². The third-order valence-corrected chi connectivity index (χ3v) is 4.34. The van der Waals surface area contributed by atoms with Gasteiger partial charge in [0.25, 0.3) is 0 Å². The van der Waals surface area contributed by atoms with Gasteiger partial charge in [-0.15, -0.1) is 0 Å². The Morgan fingerprint density at radius 1 is 1.21 bits per heavy atom. The van der Waals surface area contributed by atoms with E-state index in [0.717, 1.165) is 0 Å². The normalized spacial score (nSPS) is 21.2. The van der Waals surface area contributed by atoms with Crippen LogP contribution < -0.4 is 0 Å². The third-order valence-electron chi connectivity index (χ3n) is 3.62. The van der Waals surface area contributed by atoms with Crippen LogP contribution in [0.2, 0.25) is 0 Å². The molecule has 0 saturated heterocycles. The summed E-state index contributed by atoms with van der Waals surface area (Å²) in [6, 6.07) is 0. The van der Waals surface area contributed by atoms with Gasteiger partial charge in [-0.3, -0.25) is 0 Å². The van der Waals surface area contributed by atoms with E-state index in [2.05, 4.69) is 79.8 Å². The molecule has 0 N–H and O–H groups in total. The molecule has 0 saturated carbocycles. The van der Waals surface area contributed by atoms with E-state index in [1.54, 1.807) is 5.57 Å². The quantitative estimate of drug-likeness (QED) is 0.391. The summed E-state index contributed by atoms with van der Waals surface area (Å²) in [5, 5.41) is 0. The zero-order valence-electron chi connectivity index (χ0n) is 12.5. The minimum atomic E-state index is 0.334. The highest BCUT2D eigenvalue weighted by Gasteiger charge is 2.26. The van der Waals surface area contributed by atoms with Crippen molar-refractivity contribution in [3.8, 4) is 0 Å². The first-order valence-electron chi connectivity index (χ1n) is 7.01. The van der Waals surface area contributed by atoms with Crippen LogP contribution in [0.25, 0.3) is 0 Å². The second-order valence-corrected chi connectivity index (χ2v) is 6.97. The molecule has 0 aromatic rings. The largest absolute Gasteiger partial charge is 0.0876 e. The molecule has 0 aromatic carbocycles. The molecular formula is C18H25I. The fourth-order valence-electron chi connectivity index (χ4n) is 2.55. The van der Waals surface area contributed by atoms with Crippen molar-refractivity contribution in [2.45, 2.75) is 47.0 Å². The Kier molecular flexibility index (Phi) is 6.84. The SMILES string of the molecule is C/C=C\C=C(\I)C=CC=CC1=C(C)CCCC1(C)C. The van der Waals surface area contributed by atoms with Crippen molar-refractivity contribution < 1.29 is 0 Å². The number of rotatable bonds is 4. The molecule has 1 aliphatic rings. The van der Waals surface area contributed by atoms with E-state index in [1.807, 2.05) is 13.0 Å². The van der Waals surface area contributed by atoms with Crippen LogP contribution in [0, 0.1) is 5.41 Å². The molecule has 0 fully saturated rings. The van der Waals surface area contributed by atoms with Gasteiger partial charge in [0.1, 0.15) is 0 Å². The lowest BCUT2D eigenvalue weighted by Crippen LogP contribution is -2.18. The second kappa shape index (κ2) is 7.88. The number of hydrogen-bond donors (Lipinski definition) is 0. The van der Waals surface area contributed by atoms with Gasteiger partial charge in [-0.1, -0.05) is 49.8 Å². The molecule has 0 spiro atoms. The van der Waals surface area contributed by atoms with Crippen LogP contribution in [0.3, 0.4) is 0 Å². The van der Waals surface area contributed by atoms with E-state index >= 15 is 0 Å². The topological polar surface area (TPSA) is 0 Å². The second-order valence-electron chi connectivity index (χ2n) is 5.73. The summed E-state index contributed by atoms with van der Waals surface area (Å²) in [5.41, 5.74) is 3.41. The standard InChI is InChI=1S/C18H25I/c1-5-6-11-16(19)12-7-8-13-17-15(2)10-9-14-18(17,3)4/h5-8,11-13H,9-10,14H2,1-4H3/b6-5-,12-7?,13-8?,16-11+. The average molecular weight is 368 g/mol. The van der Waals surface area contributed by atoms with Crippen LogP contribution in [-0.4, -0.2) is 0 Å². The van der Waals surface area contributed by atoms with E-state index in [9.17, 15) is 0 Å². The van der Waals surface area contributed by atoms with Gasteiger partial charge < -0.3 is 0 Å². The Balaban J connectivity index is 2.74. The Labute approximate surface area is 132 Å². The smallest absolute Gasteiger partial charge is 0.0130 e. The molecular weight excluding hydrogens is 343 g/mol. The third kappa shape index (κ3) is 5.52. The molecule has 1 aliphatic carbocycles. The van der Waals surface area contributed by atoms with Gasteiger partial charge >= 0.3 is 0 Å². The molecule has 0 nitrogen and oxygen atoms in total. The highest BCUT2D eigenvalue weighted by molar-refractivity contribution is 14.1. The molecule has 0 aromatic heterocycles. The summed E-state index contributed by atoms with van der Waals surface area (Å²) in [4.78, 5) is 0.